The predicted octanol–water partition coefficient (Wildman–Crippen LogP) is 5.31. The SMILES string of the molecule is c1ccc2c(c1)CCc1ccccc1N2CCCCN1CCC(c2cnc[nH]2)CC1. The first-order valence-electron chi connectivity index (χ1n) is 11.5. The Morgan fingerprint density at radius 3 is 2.10 bits per heavy atom. The molecular formula is C26H32N4. The van der Waals surface area contributed by atoms with E-state index in [1.165, 1.54) is 73.5 Å². The van der Waals surface area contributed by atoms with Gasteiger partial charge in [0, 0.05) is 35.7 Å². The van der Waals surface area contributed by atoms with E-state index >= 15 is 0 Å². The maximum Gasteiger partial charge on any atom is 0.0921 e. The lowest BCUT2D eigenvalue weighted by Crippen LogP contribution is -2.34. The number of fused-ring (bicyclic) bond motifs is 2. The van der Waals surface area contributed by atoms with Crippen LogP contribution in [0.25, 0.3) is 0 Å². The van der Waals surface area contributed by atoms with Crippen LogP contribution in [0.1, 0.15) is 48.4 Å². The molecule has 0 atom stereocenters. The number of hydrogen-bond donors (Lipinski definition) is 1. The molecule has 0 saturated carbocycles. The van der Waals surface area contributed by atoms with E-state index < -0.39 is 0 Å². The molecule has 1 saturated heterocycles. The average molecular weight is 401 g/mol. The van der Waals surface area contributed by atoms with E-state index in [9.17, 15) is 0 Å². The molecule has 0 aliphatic carbocycles. The molecule has 1 aromatic heterocycles. The first-order valence-corrected chi connectivity index (χ1v) is 11.5. The van der Waals surface area contributed by atoms with Crippen molar-refractivity contribution in [1.29, 1.82) is 0 Å². The normalized spacial score (nSPS) is 17.4. The van der Waals surface area contributed by atoms with Gasteiger partial charge in [0.15, 0.2) is 0 Å². The molecule has 0 radical (unpaired) electrons. The number of aromatic amines is 1. The van der Waals surface area contributed by atoms with Gasteiger partial charge in [-0.3, -0.25) is 0 Å². The molecule has 0 amide bonds. The molecule has 0 spiro atoms. The zero-order valence-electron chi connectivity index (χ0n) is 17.8. The number of likely N-dealkylation sites (tertiary alicyclic amines) is 1. The molecule has 1 N–H and O–H groups in total. The predicted molar refractivity (Wildman–Crippen MR) is 124 cm³/mol. The Labute approximate surface area is 179 Å². The van der Waals surface area contributed by atoms with Crippen LogP contribution in [0.15, 0.2) is 61.1 Å². The number of para-hydroxylation sites is 2. The third-order valence-corrected chi connectivity index (χ3v) is 6.88. The fourth-order valence-corrected chi connectivity index (χ4v) is 5.17. The highest BCUT2D eigenvalue weighted by Crippen LogP contribution is 2.36. The summed E-state index contributed by atoms with van der Waals surface area (Å²) in [7, 11) is 0. The van der Waals surface area contributed by atoms with Gasteiger partial charge in [-0.1, -0.05) is 36.4 Å². The Kier molecular flexibility index (Phi) is 5.85. The summed E-state index contributed by atoms with van der Waals surface area (Å²) >= 11 is 0. The number of aryl methyl sites for hydroxylation is 2. The van der Waals surface area contributed by atoms with E-state index in [1.54, 1.807) is 6.33 Å². The number of anilines is 2. The standard InChI is InChI=1S/C26H32N4/c1-3-9-25-22(7-1)11-12-23-8-2-4-10-26(23)30(25)16-6-5-15-29-17-13-21(14-18-29)24-19-27-20-28-24/h1-4,7-10,19-21H,5-6,11-18H2,(H,27,28). The van der Waals surface area contributed by atoms with Gasteiger partial charge in [-0.25, -0.2) is 4.98 Å². The Hall–Kier alpha value is -2.59. The van der Waals surface area contributed by atoms with E-state index in [2.05, 4.69) is 68.3 Å². The lowest BCUT2D eigenvalue weighted by molar-refractivity contribution is 0.208. The molecule has 30 heavy (non-hydrogen) atoms. The highest BCUT2D eigenvalue weighted by Gasteiger charge is 2.22. The largest absolute Gasteiger partial charge is 0.348 e. The Morgan fingerprint density at radius 1 is 0.833 bits per heavy atom. The summed E-state index contributed by atoms with van der Waals surface area (Å²) in [5.41, 5.74) is 7.09. The van der Waals surface area contributed by atoms with E-state index in [-0.39, 0.29) is 0 Å². The fraction of sp³-hybridized carbons (Fsp3) is 0.423. The fourth-order valence-electron chi connectivity index (χ4n) is 5.17. The van der Waals surface area contributed by atoms with Crippen molar-refractivity contribution in [3.63, 3.8) is 0 Å². The second-order valence-corrected chi connectivity index (χ2v) is 8.74. The van der Waals surface area contributed by atoms with Crippen molar-refractivity contribution in [2.45, 2.75) is 44.4 Å². The van der Waals surface area contributed by atoms with Crippen LogP contribution in [0.4, 0.5) is 11.4 Å². The third kappa shape index (κ3) is 4.15. The number of hydrogen-bond acceptors (Lipinski definition) is 3. The number of piperidine rings is 1. The van der Waals surface area contributed by atoms with Gasteiger partial charge in [-0.05, 0) is 81.4 Å². The summed E-state index contributed by atoms with van der Waals surface area (Å²) in [6.07, 6.45) is 11.0. The number of rotatable bonds is 6. The van der Waals surface area contributed by atoms with Crippen LogP contribution in [0.2, 0.25) is 0 Å². The van der Waals surface area contributed by atoms with Crippen LogP contribution in [0.5, 0.6) is 0 Å². The van der Waals surface area contributed by atoms with Crippen molar-refractivity contribution < 1.29 is 0 Å². The summed E-state index contributed by atoms with van der Waals surface area (Å²) in [6.45, 7) is 4.73. The van der Waals surface area contributed by atoms with Crippen molar-refractivity contribution in [3.8, 4) is 0 Å². The van der Waals surface area contributed by atoms with Crippen molar-refractivity contribution >= 4 is 11.4 Å². The van der Waals surface area contributed by atoms with Gasteiger partial charge in [0.05, 0.1) is 6.33 Å². The molecule has 4 nitrogen and oxygen atoms in total. The zero-order chi connectivity index (χ0) is 20.2. The molecule has 4 heteroatoms. The zero-order valence-corrected chi connectivity index (χ0v) is 17.8. The minimum absolute atomic E-state index is 0.661. The lowest BCUT2D eigenvalue weighted by Gasteiger charge is -2.32. The van der Waals surface area contributed by atoms with Gasteiger partial charge < -0.3 is 14.8 Å². The van der Waals surface area contributed by atoms with Crippen LogP contribution in [0.3, 0.4) is 0 Å². The van der Waals surface area contributed by atoms with Crippen LogP contribution in [-0.4, -0.2) is 41.0 Å². The van der Waals surface area contributed by atoms with Crippen LogP contribution >= 0.6 is 0 Å². The van der Waals surface area contributed by atoms with Gasteiger partial charge in [-0.15, -0.1) is 0 Å². The maximum atomic E-state index is 4.19. The van der Waals surface area contributed by atoms with Crippen molar-refractivity contribution in [3.05, 3.63) is 77.9 Å². The number of nitrogens with one attached hydrogen (secondary N) is 1. The first kappa shape index (κ1) is 19.4. The Morgan fingerprint density at radius 2 is 1.47 bits per heavy atom. The van der Waals surface area contributed by atoms with Gasteiger partial charge in [0.2, 0.25) is 0 Å². The molecule has 5 rings (SSSR count). The summed E-state index contributed by atoms with van der Waals surface area (Å²) in [5.74, 6) is 0.661. The summed E-state index contributed by atoms with van der Waals surface area (Å²) in [4.78, 5) is 12.7. The molecule has 1 fully saturated rings. The highest BCUT2D eigenvalue weighted by molar-refractivity contribution is 5.71. The van der Waals surface area contributed by atoms with Crippen LogP contribution in [0, 0.1) is 0 Å². The number of H-pyrrole nitrogens is 1. The molecule has 0 unspecified atom stereocenters. The van der Waals surface area contributed by atoms with Crippen LogP contribution < -0.4 is 4.90 Å². The van der Waals surface area contributed by atoms with Gasteiger partial charge in [-0.2, -0.15) is 0 Å². The summed E-state index contributed by atoms with van der Waals surface area (Å²) in [6, 6.07) is 17.9. The molecule has 156 valence electrons. The summed E-state index contributed by atoms with van der Waals surface area (Å²) in [5, 5.41) is 0. The van der Waals surface area contributed by atoms with Gasteiger partial charge in [0.25, 0.3) is 0 Å². The van der Waals surface area contributed by atoms with E-state index in [4.69, 9.17) is 0 Å². The number of benzene rings is 2. The van der Waals surface area contributed by atoms with Crippen LogP contribution in [-0.2, 0) is 12.8 Å². The Balaban J connectivity index is 1.17. The number of unbranched alkanes of at least 4 members (excludes halogenated alkanes) is 1. The minimum atomic E-state index is 0.661. The molecule has 3 aromatic rings. The first-order chi connectivity index (χ1) is 14.9. The average Bonchev–Trinajstić information content (AvgIpc) is 3.29. The van der Waals surface area contributed by atoms with E-state index in [0.717, 1.165) is 19.4 Å². The monoisotopic (exact) mass is 400 g/mol. The Bertz CT molecular complexity index is 894. The van der Waals surface area contributed by atoms with Crippen molar-refractivity contribution in [2.24, 2.45) is 0 Å². The van der Waals surface area contributed by atoms with Gasteiger partial charge >= 0.3 is 0 Å². The molecule has 2 aromatic carbocycles. The molecule has 3 heterocycles. The highest BCUT2D eigenvalue weighted by atomic mass is 15.1. The molecule has 2 aliphatic heterocycles. The molecular weight excluding hydrogens is 368 g/mol. The number of nitrogens with zero attached hydrogens (tertiary/aromatic N) is 3. The molecule has 2 aliphatic rings. The second kappa shape index (κ2) is 9.05. The lowest BCUT2D eigenvalue weighted by atomic mass is 9.94. The molecule has 0 bridgehead atoms. The van der Waals surface area contributed by atoms with E-state index in [1.807, 2.05) is 6.20 Å². The van der Waals surface area contributed by atoms with Gasteiger partial charge in [0.1, 0.15) is 0 Å². The number of aromatic nitrogens is 2. The maximum absolute atomic E-state index is 4.19. The quantitative estimate of drug-likeness (QED) is 0.570. The second-order valence-electron chi connectivity index (χ2n) is 8.74. The smallest absolute Gasteiger partial charge is 0.0921 e. The summed E-state index contributed by atoms with van der Waals surface area (Å²) < 4.78 is 0. The van der Waals surface area contributed by atoms with Crippen molar-refractivity contribution in [1.82, 2.24) is 14.9 Å². The number of imidazole rings is 1. The minimum Gasteiger partial charge on any atom is -0.348 e. The van der Waals surface area contributed by atoms with E-state index in [0.29, 0.717) is 5.92 Å². The van der Waals surface area contributed by atoms with Crippen molar-refractivity contribution in [2.75, 3.05) is 31.1 Å². The topological polar surface area (TPSA) is 35.2 Å². The third-order valence-electron chi connectivity index (χ3n) is 6.88.